The third kappa shape index (κ3) is 2.87. The average molecular weight is 200 g/mol. The molecule has 4 nitrogen and oxygen atoms in total. The number of nitrogens with one attached hydrogen (secondary N) is 1. The highest BCUT2D eigenvalue weighted by Crippen LogP contribution is 2.20. The fourth-order valence-corrected chi connectivity index (χ4v) is 1.71. The fraction of sp³-hybridized carbons (Fsp3) is 0.900. The number of nitrogens with zero attached hydrogens (tertiary/aromatic N) is 1. The second-order valence-corrected chi connectivity index (χ2v) is 4.74. The second kappa shape index (κ2) is 4.17. The van der Waals surface area contributed by atoms with Crippen LogP contribution in [0.5, 0.6) is 0 Å². The van der Waals surface area contributed by atoms with Crippen molar-refractivity contribution < 1.29 is 9.53 Å². The van der Waals surface area contributed by atoms with Crippen molar-refractivity contribution in [2.45, 2.75) is 38.8 Å². The normalized spacial score (nSPS) is 23.6. The van der Waals surface area contributed by atoms with Gasteiger partial charge in [0.25, 0.3) is 0 Å². The number of methoxy groups -OCH3 is 1. The molecule has 1 heterocycles. The number of likely N-dealkylation sites (tertiary alicyclic amines) is 1. The standard InChI is InChI=1S/C10H20N2O2/c1-10(2,3)12-6-5-8(7-12)11-9(13)14-4/h8H,5-7H2,1-4H3,(H,11,13)/t8-/m0/s1. The maximum absolute atomic E-state index is 11.0. The number of carbonyl (C=O) groups excluding carboxylic acids is 1. The Hall–Kier alpha value is -0.770. The zero-order valence-corrected chi connectivity index (χ0v) is 9.46. The van der Waals surface area contributed by atoms with E-state index in [0.29, 0.717) is 0 Å². The number of ether oxygens (including phenoxy) is 1. The lowest BCUT2D eigenvalue weighted by Crippen LogP contribution is -2.43. The van der Waals surface area contributed by atoms with Crippen LogP contribution in [0.2, 0.25) is 0 Å². The molecule has 0 bridgehead atoms. The minimum Gasteiger partial charge on any atom is -0.453 e. The zero-order chi connectivity index (χ0) is 10.8. The predicted molar refractivity (Wildman–Crippen MR) is 55.3 cm³/mol. The Morgan fingerprint density at radius 3 is 2.57 bits per heavy atom. The lowest BCUT2D eigenvalue weighted by molar-refractivity contribution is 0.156. The van der Waals surface area contributed by atoms with Crippen molar-refractivity contribution in [1.29, 1.82) is 0 Å². The van der Waals surface area contributed by atoms with Gasteiger partial charge in [-0.15, -0.1) is 0 Å². The Morgan fingerprint density at radius 1 is 1.50 bits per heavy atom. The Labute approximate surface area is 85.6 Å². The van der Waals surface area contributed by atoms with Gasteiger partial charge in [-0.3, -0.25) is 4.90 Å². The molecule has 1 amide bonds. The number of rotatable bonds is 1. The highest BCUT2D eigenvalue weighted by molar-refractivity contribution is 5.67. The molecule has 1 aliphatic heterocycles. The van der Waals surface area contributed by atoms with E-state index in [4.69, 9.17) is 0 Å². The van der Waals surface area contributed by atoms with Crippen molar-refractivity contribution in [3.63, 3.8) is 0 Å². The summed E-state index contributed by atoms with van der Waals surface area (Å²) in [6, 6.07) is 0.238. The first-order chi connectivity index (χ1) is 6.43. The molecule has 1 fully saturated rings. The average Bonchev–Trinajstić information content (AvgIpc) is 2.51. The largest absolute Gasteiger partial charge is 0.453 e. The monoisotopic (exact) mass is 200 g/mol. The molecule has 1 atom stereocenters. The van der Waals surface area contributed by atoms with Crippen molar-refractivity contribution in [2.75, 3.05) is 20.2 Å². The van der Waals surface area contributed by atoms with Gasteiger partial charge in [0.2, 0.25) is 0 Å². The first kappa shape index (κ1) is 11.3. The molecule has 0 aromatic rings. The molecule has 4 heteroatoms. The van der Waals surface area contributed by atoms with E-state index in [1.54, 1.807) is 0 Å². The van der Waals surface area contributed by atoms with Gasteiger partial charge in [0.05, 0.1) is 7.11 Å². The van der Waals surface area contributed by atoms with E-state index in [-0.39, 0.29) is 17.7 Å². The first-order valence-electron chi connectivity index (χ1n) is 5.03. The summed E-state index contributed by atoms with van der Waals surface area (Å²) in [5.41, 5.74) is 0.187. The molecule has 0 radical (unpaired) electrons. The summed E-state index contributed by atoms with van der Waals surface area (Å²) in [5.74, 6) is 0. The molecule has 1 rings (SSSR count). The van der Waals surface area contributed by atoms with Crippen LogP contribution >= 0.6 is 0 Å². The van der Waals surface area contributed by atoms with Gasteiger partial charge in [-0.05, 0) is 27.2 Å². The van der Waals surface area contributed by atoms with Crippen molar-refractivity contribution in [2.24, 2.45) is 0 Å². The Balaban J connectivity index is 2.38. The molecule has 0 aliphatic carbocycles. The number of hydrogen-bond acceptors (Lipinski definition) is 3. The van der Waals surface area contributed by atoms with Gasteiger partial charge in [0.1, 0.15) is 0 Å². The van der Waals surface area contributed by atoms with Crippen molar-refractivity contribution in [3.05, 3.63) is 0 Å². The van der Waals surface area contributed by atoms with Crippen molar-refractivity contribution in [3.8, 4) is 0 Å². The summed E-state index contributed by atoms with van der Waals surface area (Å²) in [4.78, 5) is 13.3. The van der Waals surface area contributed by atoms with Gasteiger partial charge in [-0.1, -0.05) is 0 Å². The van der Waals surface area contributed by atoms with E-state index < -0.39 is 0 Å². The summed E-state index contributed by atoms with van der Waals surface area (Å²) < 4.78 is 4.56. The van der Waals surface area contributed by atoms with Crippen LogP contribution in [0.15, 0.2) is 0 Å². The van der Waals surface area contributed by atoms with Crippen LogP contribution < -0.4 is 5.32 Å². The summed E-state index contributed by atoms with van der Waals surface area (Å²) in [6.45, 7) is 8.52. The third-order valence-electron chi connectivity index (χ3n) is 2.64. The van der Waals surface area contributed by atoms with E-state index in [2.05, 4.69) is 35.7 Å². The number of carbonyl (C=O) groups is 1. The van der Waals surface area contributed by atoms with E-state index in [1.807, 2.05) is 0 Å². The predicted octanol–water partition coefficient (Wildman–Crippen LogP) is 1.22. The van der Waals surface area contributed by atoms with Crippen LogP contribution in [0.4, 0.5) is 4.79 Å². The minimum absolute atomic E-state index is 0.187. The molecule has 82 valence electrons. The highest BCUT2D eigenvalue weighted by atomic mass is 16.5. The van der Waals surface area contributed by atoms with Crippen molar-refractivity contribution in [1.82, 2.24) is 10.2 Å². The van der Waals surface area contributed by atoms with E-state index >= 15 is 0 Å². The zero-order valence-electron chi connectivity index (χ0n) is 9.46. The number of amides is 1. The maximum atomic E-state index is 11.0. The molecular weight excluding hydrogens is 180 g/mol. The van der Waals surface area contributed by atoms with E-state index in [9.17, 15) is 4.79 Å². The lowest BCUT2D eigenvalue weighted by Gasteiger charge is -2.31. The van der Waals surface area contributed by atoms with Gasteiger partial charge < -0.3 is 10.1 Å². The molecule has 1 aliphatic rings. The molecule has 0 aromatic carbocycles. The SMILES string of the molecule is COC(=O)N[C@H]1CCN(C(C)(C)C)C1. The smallest absolute Gasteiger partial charge is 0.407 e. The molecule has 0 spiro atoms. The van der Waals surface area contributed by atoms with E-state index in [0.717, 1.165) is 19.5 Å². The second-order valence-electron chi connectivity index (χ2n) is 4.74. The number of alkyl carbamates (subject to hydrolysis) is 1. The van der Waals surface area contributed by atoms with Crippen LogP contribution in [0.1, 0.15) is 27.2 Å². The molecule has 0 unspecified atom stereocenters. The Morgan fingerprint density at radius 2 is 2.14 bits per heavy atom. The number of hydrogen-bond donors (Lipinski definition) is 1. The van der Waals surface area contributed by atoms with Crippen LogP contribution in [0, 0.1) is 0 Å². The summed E-state index contributed by atoms with van der Waals surface area (Å²) >= 11 is 0. The summed E-state index contributed by atoms with van der Waals surface area (Å²) in [5, 5.41) is 2.83. The van der Waals surface area contributed by atoms with Crippen LogP contribution in [0.3, 0.4) is 0 Å². The van der Waals surface area contributed by atoms with Gasteiger partial charge in [0.15, 0.2) is 0 Å². The quantitative estimate of drug-likeness (QED) is 0.692. The highest BCUT2D eigenvalue weighted by Gasteiger charge is 2.30. The van der Waals surface area contributed by atoms with Gasteiger partial charge >= 0.3 is 6.09 Å². The minimum atomic E-state index is -0.328. The first-order valence-corrected chi connectivity index (χ1v) is 5.03. The topological polar surface area (TPSA) is 41.6 Å². The summed E-state index contributed by atoms with van der Waals surface area (Å²) in [7, 11) is 1.39. The molecule has 1 N–H and O–H groups in total. The van der Waals surface area contributed by atoms with Gasteiger partial charge in [0, 0.05) is 24.7 Å². The molecule has 0 saturated carbocycles. The molecule has 14 heavy (non-hydrogen) atoms. The fourth-order valence-electron chi connectivity index (χ4n) is 1.71. The molecule has 0 aromatic heterocycles. The van der Waals surface area contributed by atoms with E-state index in [1.165, 1.54) is 7.11 Å². The Kier molecular flexibility index (Phi) is 3.37. The van der Waals surface area contributed by atoms with Gasteiger partial charge in [-0.2, -0.15) is 0 Å². The van der Waals surface area contributed by atoms with Crippen LogP contribution in [-0.4, -0.2) is 42.8 Å². The molecular formula is C10H20N2O2. The van der Waals surface area contributed by atoms with Gasteiger partial charge in [-0.25, -0.2) is 4.79 Å². The Bertz CT molecular complexity index is 211. The molecule has 1 saturated heterocycles. The van der Waals surface area contributed by atoms with Crippen LogP contribution in [0.25, 0.3) is 0 Å². The lowest BCUT2D eigenvalue weighted by atomic mass is 10.1. The third-order valence-corrected chi connectivity index (χ3v) is 2.64. The van der Waals surface area contributed by atoms with Crippen LogP contribution in [-0.2, 0) is 4.74 Å². The van der Waals surface area contributed by atoms with Crippen molar-refractivity contribution >= 4 is 6.09 Å². The summed E-state index contributed by atoms with van der Waals surface area (Å²) in [6.07, 6.45) is 0.678. The maximum Gasteiger partial charge on any atom is 0.407 e.